The van der Waals surface area contributed by atoms with Crippen LogP contribution in [0.25, 0.3) is 0 Å². The van der Waals surface area contributed by atoms with Crippen molar-refractivity contribution in [3.63, 3.8) is 0 Å². The molecule has 0 aromatic heterocycles. The van der Waals surface area contributed by atoms with E-state index in [0.717, 1.165) is 17.4 Å². The Morgan fingerprint density at radius 3 is 2.24 bits per heavy atom. The number of hydrogen-bond donors (Lipinski definition) is 0. The lowest BCUT2D eigenvalue weighted by molar-refractivity contribution is -0.112. The van der Waals surface area contributed by atoms with Crippen LogP contribution in [0.2, 0.25) is 0 Å². The molecule has 0 N–H and O–H groups in total. The molecule has 2 rings (SSSR count). The molecule has 1 atom stereocenters. The molecule has 0 bridgehead atoms. The van der Waals surface area contributed by atoms with Crippen LogP contribution in [0.15, 0.2) is 48.5 Å². The Labute approximate surface area is 125 Å². The van der Waals surface area contributed by atoms with Gasteiger partial charge in [0.05, 0.1) is 19.6 Å². The predicted octanol–water partition coefficient (Wildman–Crippen LogP) is 3.40. The van der Waals surface area contributed by atoms with Gasteiger partial charge >= 0.3 is 0 Å². The van der Waals surface area contributed by atoms with Gasteiger partial charge in [-0.3, -0.25) is 0 Å². The van der Waals surface area contributed by atoms with Gasteiger partial charge in [-0.2, -0.15) is 0 Å². The van der Waals surface area contributed by atoms with Gasteiger partial charge in [0.15, 0.2) is 11.5 Å². The molecule has 0 saturated carbocycles. The van der Waals surface area contributed by atoms with Crippen LogP contribution in [0.1, 0.15) is 18.1 Å². The lowest BCUT2D eigenvalue weighted by atomic mass is 9.78. The summed E-state index contributed by atoms with van der Waals surface area (Å²) in [6.07, 6.45) is 1.62. The van der Waals surface area contributed by atoms with Crippen molar-refractivity contribution in [2.45, 2.75) is 18.8 Å². The molecule has 0 aliphatic carbocycles. The Morgan fingerprint density at radius 2 is 1.67 bits per heavy atom. The lowest BCUT2D eigenvalue weighted by Crippen LogP contribution is -2.26. The second kappa shape index (κ2) is 6.44. The first-order valence-corrected chi connectivity index (χ1v) is 6.85. The first kappa shape index (κ1) is 15.1. The molecule has 21 heavy (non-hydrogen) atoms. The molecule has 0 fully saturated rings. The second-order valence-corrected chi connectivity index (χ2v) is 5.27. The number of ether oxygens (including phenoxy) is 2. The second-order valence-electron chi connectivity index (χ2n) is 5.27. The first-order valence-electron chi connectivity index (χ1n) is 6.85. The first-order chi connectivity index (χ1) is 10.1. The maximum atomic E-state index is 11.7. The molecule has 0 amide bonds. The molecule has 3 nitrogen and oxygen atoms in total. The van der Waals surface area contributed by atoms with Crippen LogP contribution in [0, 0.1) is 0 Å². The van der Waals surface area contributed by atoms with E-state index in [2.05, 4.69) is 0 Å². The van der Waals surface area contributed by atoms with E-state index in [-0.39, 0.29) is 0 Å². The average molecular weight is 284 g/mol. The Bertz CT molecular complexity index is 607. The van der Waals surface area contributed by atoms with Gasteiger partial charge in [-0.15, -0.1) is 0 Å². The summed E-state index contributed by atoms with van der Waals surface area (Å²) in [6, 6.07) is 15.6. The number of methoxy groups -OCH3 is 2. The molecule has 0 saturated heterocycles. The molecule has 0 aliphatic rings. The topological polar surface area (TPSA) is 35.5 Å². The third-order valence-electron chi connectivity index (χ3n) is 3.71. The number of benzene rings is 2. The van der Waals surface area contributed by atoms with Gasteiger partial charge in [-0.25, -0.2) is 0 Å². The van der Waals surface area contributed by atoms with Gasteiger partial charge in [0.1, 0.15) is 6.29 Å². The van der Waals surface area contributed by atoms with Gasteiger partial charge < -0.3 is 14.3 Å². The fraction of sp³-hybridized carbons (Fsp3) is 0.278. The van der Waals surface area contributed by atoms with Crippen LogP contribution < -0.4 is 9.47 Å². The summed E-state index contributed by atoms with van der Waals surface area (Å²) in [5.74, 6) is 1.37. The van der Waals surface area contributed by atoms with Gasteiger partial charge in [-0.05, 0) is 36.6 Å². The van der Waals surface area contributed by atoms with E-state index in [0.29, 0.717) is 17.9 Å². The molecule has 0 aliphatic heterocycles. The van der Waals surface area contributed by atoms with E-state index in [1.54, 1.807) is 14.2 Å². The summed E-state index contributed by atoms with van der Waals surface area (Å²) in [4.78, 5) is 11.7. The maximum absolute atomic E-state index is 11.7. The Kier molecular flexibility index (Phi) is 4.63. The molecule has 2 aromatic carbocycles. The number of carbonyl (C=O) groups is 1. The molecule has 1 unspecified atom stereocenters. The zero-order valence-corrected chi connectivity index (χ0v) is 12.6. The summed E-state index contributed by atoms with van der Waals surface area (Å²) in [7, 11) is 3.22. The van der Waals surface area contributed by atoms with Crippen LogP contribution in [-0.2, 0) is 16.6 Å². The number of carbonyl (C=O) groups excluding carboxylic acids is 1. The minimum atomic E-state index is -0.555. The highest BCUT2D eigenvalue weighted by Gasteiger charge is 2.26. The van der Waals surface area contributed by atoms with Crippen LogP contribution in [0.5, 0.6) is 11.5 Å². The molecular formula is C18H20O3. The van der Waals surface area contributed by atoms with Crippen LogP contribution in [0.3, 0.4) is 0 Å². The van der Waals surface area contributed by atoms with Gasteiger partial charge in [-0.1, -0.05) is 36.4 Å². The van der Waals surface area contributed by atoms with Crippen molar-refractivity contribution in [1.29, 1.82) is 0 Å². The van der Waals surface area contributed by atoms with Crippen molar-refractivity contribution in [3.8, 4) is 11.5 Å². The lowest BCUT2D eigenvalue weighted by Gasteiger charge is -2.24. The monoisotopic (exact) mass is 284 g/mol. The van der Waals surface area contributed by atoms with E-state index >= 15 is 0 Å². The Morgan fingerprint density at radius 1 is 1.00 bits per heavy atom. The van der Waals surface area contributed by atoms with Crippen molar-refractivity contribution in [1.82, 2.24) is 0 Å². The Balaban J connectivity index is 2.33. The molecule has 0 spiro atoms. The zero-order valence-electron chi connectivity index (χ0n) is 12.6. The summed E-state index contributed by atoms with van der Waals surface area (Å²) in [5.41, 5.74) is 1.49. The Hall–Kier alpha value is -2.29. The number of rotatable bonds is 6. The third-order valence-corrected chi connectivity index (χ3v) is 3.71. The van der Waals surface area contributed by atoms with Gasteiger partial charge in [0.2, 0.25) is 0 Å². The largest absolute Gasteiger partial charge is 0.493 e. The maximum Gasteiger partial charge on any atom is 0.160 e. The molecule has 0 heterocycles. The summed E-state index contributed by atoms with van der Waals surface area (Å²) < 4.78 is 10.6. The number of hydrogen-bond acceptors (Lipinski definition) is 3. The SMILES string of the molecule is COc1ccc(CC(C)(C=O)c2ccccc2)cc1OC. The van der Waals surface area contributed by atoms with E-state index in [4.69, 9.17) is 9.47 Å². The van der Waals surface area contributed by atoms with Crippen LogP contribution >= 0.6 is 0 Å². The van der Waals surface area contributed by atoms with Crippen molar-refractivity contribution in [2.75, 3.05) is 14.2 Å². The molecule has 110 valence electrons. The highest BCUT2D eigenvalue weighted by Crippen LogP contribution is 2.32. The minimum absolute atomic E-state index is 0.555. The van der Waals surface area contributed by atoms with E-state index in [1.807, 2.05) is 55.5 Å². The third kappa shape index (κ3) is 3.24. The van der Waals surface area contributed by atoms with Crippen LogP contribution in [0.4, 0.5) is 0 Å². The summed E-state index contributed by atoms with van der Waals surface area (Å²) in [5, 5.41) is 0. The highest BCUT2D eigenvalue weighted by molar-refractivity contribution is 5.68. The van der Waals surface area contributed by atoms with E-state index < -0.39 is 5.41 Å². The summed E-state index contributed by atoms with van der Waals surface area (Å²) >= 11 is 0. The minimum Gasteiger partial charge on any atom is -0.493 e. The van der Waals surface area contributed by atoms with Crippen LogP contribution in [-0.4, -0.2) is 20.5 Å². The van der Waals surface area contributed by atoms with E-state index in [9.17, 15) is 4.79 Å². The summed E-state index contributed by atoms with van der Waals surface area (Å²) in [6.45, 7) is 1.95. The van der Waals surface area contributed by atoms with Crippen molar-refractivity contribution < 1.29 is 14.3 Å². The predicted molar refractivity (Wildman–Crippen MR) is 83.1 cm³/mol. The standard InChI is InChI=1S/C18H20O3/c1-18(13-19,15-7-5-4-6-8-15)12-14-9-10-16(20-2)17(11-14)21-3/h4-11,13H,12H2,1-3H3. The van der Waals surface area contributed by atoms with Crippen molar-refractivity contribution in [3.05, 3.63) is 59.7 Å². The molecule has 0 radical (unpaired) electrons. The quantitative estimate of drug-likeness (QED) is 0.763. The van der Waals surface area contributed by atoms with Gasteiger partial charge in [0, 0.05) is 0 Å². The van der Waals surface area contributed by atoms with Crippen molar-refractivity contribution in [2.24, 2.45) is 0 Å². The highest BCUT2D eigenvalue weighted by atomic mass is 16.5. The molecular weight excluding hydrogens is 264 g/mol. The van der Waals surface area contributed by atoms with E-state index in [1.165, 1.54) is 0 Å². The molecule has 3 heteroatoms. The fourth-order valence-corrected chi connectivity index (χ4v) is 2.45. The van der Waals surface area contributed by atoms with Crippen molar-refractivity contribution >= 4 is 6.29 Å². The molecule has 2 aromatic rings. The van der Waals surface area contributed by atoms with Gasteiger partial charge in [0.25, 0.3) is 0 Å². The smallest absolute Gasteiger partial charge is 0.160 e. The number of aldehydes is 1. The average Bonchev–Trinajstić information content (AvgIpc) is 2.55. The fourth-order valence-electron chi connectivity index (χ4n) is 2.45. The zero-order chi connectivity index (χ0) is 15.3. The normalized spacial score (nSPS) is 13.3.